The predicted molar refractivity (Wildman–Crippen MR) is 144 cm³/mol. The highest BCUT2D eigenvalue weighted by atomic mass is 79.9. The monoisotopic (exact) mass is 568 g/mol. The third-order valence-electron chi connectivity index (χ3n) is 5.43. The van der Waals surface area contributed by atoms with Crippen molar-refractivity contribution in [3.63, 3.8) is 0 Å². The van der Waals surface area contributed by atoms with Crippen molar-refractivity contribution >= 4 is 39.3 Å². The number of benzene rings is 3. The molecule has 0 fully saturated rings. The Kier molecular flexibility index (Phi) is 8.43. The van der Waals surface area contributed by atoms with Crippen LogP contribution in [-0.2, 0) is 4.79 Å². The maximum atomic E-state index is 14.1. The van der Waals surface area contributed by atoms with Crippen LogP contribution in [0.2, 0.25) is 0 Å². The van der Waals surface area contributed by atoms with Gasteiger partial charge in [0.05, 0.1) is 11.4 Å². The van der Waals surface area contributed by atoms with E-state index in [4.69, 9.17) is 4.74 Å². The van der Waals surface area contributed by atoms with E-state index < -0.39 is 11.9 Å². The number of anilines is 1. The maximum Gasteiger partial charge on any atom is 0.234 e. The number of hydrogen-bond acceptors (Lipinski definition) is 5. The minimum Gasteiger partial charge on any atom is -0.483 e. The van der Waals surface area contributed by atoms with Crippen LogP contribution in [0.4, 0.5) is 10.1 Å². The van der Waals surface area contributed by atoms with E-state index in [0.717, 1.165) is 11.4 Å². The number of thioether (sulfide) groups is 1. The minimum atomic E-state index is -0.509. The molecule has 0 aliphatic carbocycles. The van der Waals surface area contributed by atoms with Crippen molar-refractivity contribution < 1.29 is 13.9 Å². The molecule has 1 heterocycles. The number of ether oxygens (including phenoxy) is 1. The summed E-state index contributed by atoms with van der Waals surface area (Å²) in [6.45, 7) is 6.21. The fourth-order valence-electron chi connectivity index (χ4n) is 3.55. The van der Waals surface area contributed by atoms with Crippen LogP contribution < -0.4 is 10.1 Å². The van der Waals surface area contributed by atoms with Gasteiger partial charge in [-0.25, -0.2) is 4.39 Å². The average Bonchev–Trinajstić information content (AvgIpc) is 3.29. The van der Waals surface area contributed by atoms with E-state index in [0.29, 0.717) is 21.4 Å². The Bertz CT molecular complexity index is 1330. The first-order valence-corrected chi connectivity index (χ1v) is 13.2. The van der Waals surface area contributed by atoms with Gasteiger partial charge in [-0.15, -0.1) is 10.2 Å². The molecule has 1 N–H and O–H groups in total. The first-order valence-electron chi connectivity index (χ1n) is 11.5. The molecular weight excluding hydrogens is 543 g/mol. The number of nitrogens with one attached hydrogen (secondary N) is 1. The molecule has 186 valence electrons. The van der Waals surface area contributed by atoms with Gasteiger partial charge < -0.3 is 10.1 Å². The van der Waals surface area contributed by atoms with Crippen molar-refractivity contribution in [1.29, 1.82) is 0 Å². The van der Waals surface area contributed by atoms with Crippen LogP contribution in [-0.4, -0.2) is 26.4 Å². The standard InChI is InChI=1S/C27H26BrFN4O2S/c1-17(2)19-9-12-22(13-10-19)35-18(3)26-31-32-27(33(26)21-7-5-4-6-8-21)36-16-25(34)30-24-14-11-20(28)15-23(24)29/h4-15,17-18H,16H2,1-3H3,(H,30,34). The summed E-state index contributed by atoms with van der Waals surface area (Å²) in [6.07, 6.45) is -0.400. The molecular formula is C27H26BrFN4O2S. The zero-order valence-corrected chi connectivity index (χ0v) is 22.5. The van der Waals surface area contributed by atoms with E-state index in [1.54, 1.807) is 6.07 Å². The lowest BCUT2D eigenvalue weighted by Crippen LogP contribution is -2.16. The fraction of sp³-hybridized carbons (Fsp3) is 0.222. The Morgan fingerprint density at radius 2 is 1.78 bits per heavy atom. The largest absolute Gasteiger partial charge is 0.483 e. The molecule has 0 radical (unpaired) electrons. The van der Waals surface area contributed by atoms with Crippen LogP contribution in [0.3, 0.4) is 0 Å². The first-order chi connectivity index (χ1) is 17.3. The Morgan fingerprint density at radius 1 is 1.06 bits per heavy atom. The summed E-state index contributed by atoms with van der Waals surface area (Å²) in [5.74, 6) is 0.960. The summed E-state index contributed by atoms with van der Waals surface area (Å²) in [4.78, 5) is 12.5. The number of amides is 1. The lowest BCUT2D eigenvalue weighted by molar-refractivity contribution is -0.113. The zero-order chi connectivity index (χ0) is 25.7. The van der Waals surface area contributed by atoms with Crippen molar-refractivity contribution in [2.45, 2.75) is 37.9 Å². The second-order valence-corrected chi connectivity index (χ2v) is 10.3. The van der Waals surface area contributed by atoms with Crippen molar-refractivity contribution in [3.05, 3.63) is 94.5 Å². The molecule has 4 aromatic rings. The Labute approximate surface area is 222 Å². The summed E-state index contributed by atoms with van der Waals surface area (Å²) in [6, 6.07) is 22.2. The van der Waals surface area contributed by atoms with E-state index in [9.17, 15) is 9.18 Å². The molecule has 4 rings (SSSR count). The van der Waals surface area contributed by atoms with Gasteiger partial charge in [-0.2, -0.15) is 0 Å². The van der Waals surface area contributed by atoms with Gasteiger partial charge in [0.2, 0.25) is 5.91 Å². The maximum absolute atomic E-state index is 14.1. The number of hydrogen-bond donors (Lipinski definition) is 1. The number of carbonyl (C=O) groups is 1. The van der Waals surface area contributed by atoms with E-state index in [1.807, 2.05) is 54.0 Å². The molecule has 36 heavy (non-hydrogen) atoms. The van der Waals surface area contributed by atoms with Crippen molar-refractivity contribution in [3.8, 4) is 11.4 Å². The number of halogens is 2. The van der Waals surface area contributed by atoms with Gasteiger partial charge in [0, 0.05) is 10.2 Å². The van der Waals surface area contributed by atoms with Gasteiger partial charge in [0.15, 0.2) is 17.1 Å². The van der Waals surface area contributed by atoms with Crippen LogP contribution in [0.5, 0.6) is 5.75 Å². The van der Waals surface area contributed by atoms with Crippen molar-refractivity contribution in [2.24, 2.45) is 0 Å². The highest BCUT2D eigenvalue weighted by Gasteiger charge is 2.22. The first kappa shape index (κ1) is 25.9. The average molecular weight is 570 g/mol. The lowest BCUT2D eigenvalue weighted by Gasteiger charge is -2.17. The van der Waals surface area contributed by atoms with Gasteiger partial charge in [-0.3, -0.25) is 9.36 Å². The Hall–Kier alpha value is -3.17. The number of rotatable bonds is 9. The molecule has 0 aliphatic rings. The van der Waals surface area contributed by atoms with Gasteiger partial charge >= 0.3 is 0 Å². The van der Waals surface area contributed by atoms with Crippen LogP contribution >= 0.6 is 27.7 Å². The van der Waals surface area contributed by atoms with Crippen LogP contribution in [0.15, 0.2) is 82.4 Å². The molecule has 1 amide bonds. The summed E-state index contributed by atoms with van der Waals surface area (Å²) in [5, 5.41) is 11.9. The Balaban J connectivity index is 1.52. The summed E-state index contributed by atoms with van der Waals surface area (Å²) in [5.41, 5.74) is 2.21. The molecule has 1 atom stereocenters. The normalized spacial score (nSPS) is 11.9. The topological polar surface area (TPSA) is 69.0 Å². The van der Waals surface area contributed by atoms with Crippen LogP contribution in [0.1, 0.15) is 44.2 Å². The molecule has 9 heteroatoms. The molecule has 0 saturated heterocycles. The Morgan fingerprint density at radius 3 is 2.44 bits per heavy atom. The number of carbonyl (C=O) groups excluding carboxylic acids is 1. The number of nitrogens with zero attached hydrogens (tertiary/aromatic N) is 3. The minimum absolute atomic E-state index is 0.0341. The zero-order valence-electron chi connectivity index (χ0n) is 20.1. The smallest absolute Gasteiger partial charge is 0.234 e. The molecule has 0 spiro atoms. The predicted octanol–water partition coefficient (Wildman–Crippen LogP) is 7.16. The second-order valence-electron chi connectivity index (χ2n) is 8.46. The van der Waals surface area contributed by atoms with E-state index in [-0.39, 0.29) is 17.3 Å². The molecule has 1 aromatic heterocycles. The van der Waals surface area contributed by atoms with Crippen LogP contribution in [0.25, 0.3) is 5.69 Å². The molecule has 1 unspecified atom stereocenters. The van der Waals surface area contributed by atoms with Gasteiger partial charge in [-0.1, -0.05) is 71.9 Å². The number of para-hydroxylation sites is 1. The third-order valence-corrected chi connectivity index (χ3v) is 6.86. The molecule has 0 aliphatic heterocycles. The fourth-order valence-corrected chi connectivity index (χ4v) is 4.65. The van der Waals surface area contributed by atoms with Gasteiger partial charge in [-0.05, 0) is 60.9 Å². The van der Waals surface area contributed by atoms with Gasteiger partial charge in [0.1, 0.15) is 11.6 Å². The lowest BCUT2D eigenvalue weighted by atomic mass is 10.0. The van der Waals surface area contributed by atoms with Gasteiger partial charge in [0.25, 0.3) is 0 Å². The second kappa shape index (κ2) is 11.7. The third kappa shape index (κ3) is 6.33. The van der Waals surface area contributed by atoms with E-state index >= 15 is 0 Å². The molecule has 0 bridgehead atoms. The van der Waals surface area contributed by atoms with E-state index in [2.05, 4.69) is 57.4 Å². The summed E-state index contributed by atoms with van der Waals surface area (Å²) in [7, 11) is 0. The SMILES string of the molecule is CC(C)c1ccc(OC(C)c2nnc(SCC(=O)Nc3ccc(Br)cc3F)n2-c2ccccc2)cc1. The molecule has 0 saturated carbocycles. The molecule has 6 nitrogen and oxygen atoms in total. The quantitative estimate of drug-likeness (QED) is 0.217. The van der Waals surface area contributed by atoms with E-state index in [1.165, 1.54) is 29.5 Å². The highest BCUT2D eigenvalue weighted by molar-refractivity contribution is 9.10. The number of aromatic nitrogens is 3. The summed E-state index contributed by atoms with van der Waals surface area (Å²) >= 11 is 4.43. The van der Waals surface area contributed by atoms with Crippen molar-refractivity contribution in [2.75, 3.05) is 11.1 Å². The van der Waals surface area contributed by atoms with Crippen molar-refractivity contribution in [1.82, 2.24) is 14.8 Å². The summed E-state index contributed by atoms with van der Waals surface area (Å²) < 4.78 is 22.8. The molecule has 3 aromatic carbocycles. The highest BCUT2D eigenvalue weighted by Crippen LogP contribution is 2.29. The van der Waals surface area contributed by atoms with Crippen LogP contribution in [0, 0.1) is 5.82 Å².